The molecule has 0 fully saturated rings. The minimum atomic E-state index is -0.465. The highest BCUT2D eigenvalue weighted by Gasteiger charge is 2.12. The average Bonchev–Trinajstić information content (AvgIpc) is 2.36. The number of anilines is 1. The lowest BCUT2D eigenvalue weighted by Crippen LogP contribution is -2.14. The van der Waals surface area contributed by atoms with Crippen molar-refractivity contribution in [2.45, 2.75) is 13.8 Å². The minimum Gasteiger partial charge on any atom is -0.319 e. The molecule has 0 radical (unpaired) electrons. The molecule has 1 N–H and O–H groups in total. The number of aryl methyl sites for hydroxylation is 1. The topological polar surface area (TPSA) is 29.1 Å². The van der Waals surface area contributed by atoms with Crippen LogP contribution in [-0.4, -0.2) is 5.91 Å². The molecular weight excluding hydrogens is 309 g/mol. The van der Waals surface area contributed by atoms with Gasteiger partial charge in [0.1, 0.15) is 5.82 Å². The molecule has 2 nitrogen and oxygen atoms in total. The van der Waals surface area contributed by atoms with E-state index in [4.69, 9.17) is 0 Å². The second-order valence-corrected chi connectivity index (χ2v) is 5.24. The highest BCUT2D eigenvalue weighted by atomic mass is 79.9. The zero-order valence-corrected chi connectivity index (χ0v) is 12.2. The summed E-state index contributed by atoms with van der Waals surface area (Å²) in [6, 6.07) is 10.0. The molecule has 0 saturated heterocycles. The molecule has 0 aromatic heterocycles. The van der Waals surface area contributed by atoms with Crippen LogP contribution in [0.2, 0.25) is 0 Å². The van der Waals surface area contributed by atoms with Crippen molar-refractivity contribution < 1.29 is 9.18 Å². The summed E-state index contributed by atoms with van der Waals surface area (Å²) in [5, 5.41) is 2.59. The molecule has 19 heavy (non-hydrogen) atoms. The van der Waals surface area contributed by atoms with Crippen molar-refractivity contribution in [1.82, 2.24) is 0 Å². The Morgan fingerprint density at radius 2 is 1.95 bits per heavy atom. The summed E-state index contributed by atoms with van der Waals surface area (Å²) in [5.74, 6) is -0.768. The first-order valence-electron chi connectivity index (χ1n) is 5.81. The Bertz CT molecular complexity index is 640. The van der Waals surface area contributed by atoms with Crippen LogP contribution in [0.25, 0.3) is 0 Å². The highest BCUT2D eigenvalue weighted by molar-refractivity contribution is 9.10. The maximum atomic E-state index is 13.7. The molecule has 0 bridgehead atoms. The Labute approximate surface area is 119 Å². The van der Waals surface area contributed by atoms with Crippen LogP contribution in [0.15, 0.2) is 40.9 Å². The molecule has 0 unspecified atom stereocenters. The normalized spacial score (nSPS) is 10.3. The van der Waals surface area contributed by atoms with Crippen LogP contribution in [0.3, 0.4) is 0 Å². The predicted molar refractivity (Wildman–Crippen MR) is 78.0 cm³/mol. The van der Waals surface area contributed by atoms with Gasteiger partial charge in [-0.1, -0.05) is 28.1 Å². The van der Waals surface area contributed by atoms with Crippen LogP contribution in [-0.2, 0) is 0 Å². The van der Waals surface area contributed by atoms with E-state index in [2.05, 4.69) is 21.2 Å². The lowest BCUT2D eigenvalue weighted by Gasteiger charge is -2.10. The van der Waals surface area contributed by atoms with E-state index in [1.807, 2.05) is 26.0 Å². The van der Waals surface area contributed by atoms with Crippen molar-refractivity contribution in [3.63, 3.8) is 0 Å². The number of nitrogens with one attached hydrogen (secondary N) is 1. The molecule has 2 aromatic carbocycles. The van der Waals surface area contributed by atoms with Gasteiger partial charge in [-0.3, -0.25) is 4.79 Å². The lowest BCUT2D eigenvalue weighted by molar-refractivity contribution is 0.102. The van der Waals surface area contributed by atoms with E-state index in [0.717, 1.165) is 11.1 Å². The van der Waals surface area contributed by atoms with Gasteiger partial charge in [-0.15, -0.1) is 0 Å². The van der Waals surface area contributed by atoms with Gasteiger partial charge >= 0.3 is 0 Å². The zero-order valence-electron chi connectivity index (χ0n) is 10.6. The number of amides is 1. The van der Waals surface area contributed by atoms with Crippen LogP contribution < -0.4 is 5.32 Å². The van der Waals surface area contributed by atoms with Crippen molar-refractivity contribution in [1.29, 1.82) is 0 Å². The van der Waals surface area contributed by atoms with Gasteiger partial charge in [-0.25, -0.2) is 4.39 Å². The molecule has 4 heteroatoms. The van der Waals surface area contributed by atoms with E-state index in [1.54, 1.807) is 12.1 Å². The van der Waals surface area contributed by atoms with Crippen molar-refractivity contribution in [3.05, 3.63) is 63.4 Å². The summed E-state index contributed by atoms with van der Waals surface area (Å²) in [5.41, 5.74) is 2.66. The average molecular weight is 322 g/mol. The van der Waals surface area contributed by atoms with Crippen LogP contribution in [0.1, 0.15) is 21.5 Å². The Morgan fingerprint density at radius 1 is 1.21 bits per heavy atom. The maximum absolute atomic E-state index is 13.7. The van der Waals surface area contributed by atoms with E-state index in [9.17, 15) is 9.18 Å². The van der Waals surface area contributed by atoms with Crippen molar-refractivity contribution in [2.75, 3.05) is 5.32 Å². The highest BCUT2D eigenvalue weighted by Crippen LogP contribution is 2.21. The van der Waals surface area contributed by atoms with E-state index >= 15 is 0 Å². The van der Waals surface area contributed by atoms with Gasteiger partial charge in [0.15, 0.2) is 0 Å². The number of hydrogen-bond donors (Lipinski definition) is 1. The minimum absolute atomic E-state index is 0.175. The summed E-state index contributed by atoms with van der Waals surface area (Å²) in [7, 11) is 0. The molecule has 0 atom stereocenters. The SMILES string of the molecule is Cc1cccc(C(=O)Nc2ccc(Br)cc2F)c1C. The largest absolute Gasteiger partial charge is 0.319 e. The van der Waals surface area contributed by atoms with E-state index in [0.29, 0.717) is 10.0 Å². The number of halogens is 2. The molecule has 0 aliphatic heterocycles. The van der Waals surface area contributed by atoms with E-state index in [1.165, 1.54) is 12.1 Å². The lowest BCUT2D eigenvalue weighted by atomic mass is 10.0. The third-order valence-electron chi connectivity index (χ3n) is 3.03. The third-order valence-corrected chi connectivity index (χ3v) is 3.52. The number of rotatable bonds is 2. The monoisotopic (exact) mass is 321 g/mol. The Kier molecular flexibility index (Phi) is 4.00. The first-order chi connectivity index (χ1) is 8.99. The molecule has 0 aliphatic carbocycles. The van der Waals surface area contributed by atoms with Crippen LogP contribution in [0.4, 0.5) is 10.1 Å². The number of hydrogen-bond acceptors (Lipinski definition) is 1. The summed E-state index contributed by atoms with van der Waals surface area (Å²) in [6.45, 7) is 3.81. The van der Waals surface area contributed by atoms with Crippen LogP contribution in [0.5, 0.6) is 0 Å². The zero-order chi connectivity index (χ0) is 14.0. The summed E-state index contributed by atoms with van der Waals surface area (Å²) in [4.78, 5) is 12.1. The van der Waals surface area contributed by atoms with Crippen molar-refractivity contribution in [2.24, 2.45) is 0 Å². The summed E-state index contributed by atoms with van der Waals surface area (Å²) < 4.78 is 14.3. The standard InChI is InChI=1S/C15H13BrFNO/c1-9-4-3-5-12(10(9)2)15(19)18-14-7-6-11(16)8-13(14)17/h3-8H,1-2H3,(H,18,19). The summed E-state index contributed by atoms with van der Waals surface area (Å²) >= 11 is 3.18. The molecule has 0 spiro atoms. The number of carbonyl (C=O) groups excluding carboxylic acids is 1. The van der Waals surface area contributed by atoms with Gasteiger partial charge in [0.25, 0.3) is 5.91 Å². The smallest absolute Gasteiger partial charge is 0.256 e. The molecule has 2 rings (SSSR count). The van der Waals surface area contributed by atoms with Gasteiger partial charge in [0.2, 0.25) is 0 Å². The quantitative estimate of drug-likeness (QED) is 0.869. The second kappa shape index (κ2) is 5.53. The second-order valence-electron chi connectivity index (χ2n) is 4.33. The predicted octanol–water partition coefficient (Wildman–Crippen LogP) is 4.46. The summed E-state index contributed by atoms with van der Waals surface area (Å²) in [6.07, 6.45) is 0. The molecular formula is C15H13BrFNO. The Balaban J connectivity index is 2.28. The van der Waals surface area contributed by atoms with Crippen molar-refractivity contribution in [3.8, 4) is 0 Å². The van der Waals surface area contributed by atoms with Crippen LogP contribution >= 0.6 is 15.9 Å². The fraction of sp³-hybridized carbons (Fsp3) is 0.133. The van der Waals surface area contributed by atoms with Gasteiger partial charge < -0.3 is 5.32 Å². The number of carbonyl (C=O) groups is 1. The molecule has 1 amide bonds. The van der Waals surface area contributed by atoms with E-state index in [-0.39, 0.29) is 11.6 Å². The molecule has 0 heterocycles. The van der Waals surface area contributed by atoms with Gasteiger partial charge in [-0.05, 0) is 49.2 Å². The molecule has 0 aliphatic rings. The first-order valence-corrected chi connectivity index (χ1v) is 6.61. The molecule has 2 aromatic rings. The van der Waals surface area contributed by atoms with Crippen LogP contribution in [0, 0.1) is 19.7 Å². The fourth-order valence-corrected chi connectivity index (χ4v) is 2.11. The Morgan fingerprint density at radius 3 is 2.63 bits per heavy atom. The first kappa shape index (κ1) is 13.7. The van der Waals surface area contributed by atoms with Gasteiger partial charge in [-0.2, -0.15) is 0 Å². The molecule has 0 saturated carbocycles. The van der Waals surface area contributed by atoms with Crippen molar-refractivity contribution >= 4 is 27.5 Å². The number of benzene rings is 2. The maximum Gasteiger partial charge on any atom is 0.256 e. The third kappa shape index (κ3) is 3.01. The Hall–Kier alpha value is -1.68. The van der Waals surface area contributed by atoms with Gasteiger partial charge in [0.05, 0.1) is 5.69 Å². The molecule has 98 valence electrons. The van der Waals surface area contributed by atoms with E-state index < -0.39 is 5.82 Å². The van der Waals surface area contributed by atoms with Gasteiger partial charge in [0, 0.05) is 10.0 Å². The fourth-order valence-electron chi connectivity index (χ4n) is 1.78.